The Morgan fingerprint density at radius 2 is 1.66 bits per heavy atom. The van der Waals surface area contributed by atoms with Crippen LogP contribution < -0.4 is 9.80 Å². The Hall–Kier alpha value is -2.89. The lowest BCUT2D eigenvalue weighted by atomic mass is 10.1. The molecule has 0 radical (unpaired) electrons. The van der Waals surface area contributed by atoms with E-state index < -0.39 is 0 Å². The number of carbonyl (C=O) groups excluding carboxylic acids is 2. The lowest BCUT2D eigenvalue weighted by Gasteiger charge is -2.36. The quantitative estimate of drug-likeness (QED) is 0.750. The fourth-order valence-electron chi connectivity index (χ4n) is 3.65. The molecule has 2 amide bonds. The molecule has 0 aliphatic carbocycles. The van der Waals surface area contributed by atoms with Crippen LogP contribution in [0.1, 0.15) is 25.8 Å². The maximum atomic E-state index is 14.0. The van der Waals surface area contributed by atoms with Crippen LogP contribution in [0.25, 0.3) is 0 Å². The van der Waals surface area contributed by atoms with E-state index in [2.05, 4.69) is 6.92 Å². The second kappa shape index (κ2) is 9.54. The molecule has 1 aliphatic heterocycles. The van der Waals surface area contributed by atoms with E-state index in [-0.39, 0.29) is 24.1 Å². The van der Waals surface area contributed by atoms with Crippen molar-refractivity contribution in [2.24, 2.45) is 0 Å². The predicted molar refractivity (Wildman–Crippen MR) is 114 cm³/mol. The maximum absolute atomic E-state index is 14.0. The van der Waals surface area contributed by atoms with Crippen LogP contribution in [0.4, 0.5) is 15.8 Å². The zero-order chi connectivity index (χ0) is 20.8. The molecular formula is C23H28FN3O2. The van der Waals surface area contributed by atoms with Gasteiger partial charge in [0, 0.05) is 51.8 Å². The molecule has 0 unspecified atom stereocenters. The van der Waals surface area contributed by atoms with Crippen LogP contribution >= 0.6 is 0 Å². The minimum atomic E-state index is -0.238. The highest BCUT2D eigenvalue weighted by molar-refractivity contribution is 5.92. The lowest BCUT2D eigenvalue weighted by molar-refractivity contribution is -0.131. The van der Waals surface area contributed by atoms with Gasteiger partial charge >= 0.3 is 0 Å². The summed E-state index contributed by atoms with van der Waals surface area (Å²) in [5.74, 6) is -0.292. The highest BCUT2D eigenvalue weighted by atomic mass is 19.1. The Kier molecular flexibility index (Phi) is 6.86. The van der Waals surface area contributed by atoms with Crippen LogP contribution in [0.2, 0.25) is 0 Å². The molecule has 1 aliphatic rings. The zero-order valence-electron chi connectivity index (χ0n) is 17.1. The van der Waals surface area contributed by atoms with Crippen molar-refractivity contribution in [3.05, 3.63) is 59.9 Å². The fraction of sp³-hybridized carbons (Fsp3) is 0.391. The number of nitrogens with zero attached hydrogens (tertiary/aromatic N) is 3. The van der Waals surface area contributed by atoms with E-state index in [9.17, 15) is 14.0 Å². The predicted octanol–water partition coefficient (Wildman–Crippen LogP) is 3.48. The third kappa shape index (κ3) is 5.13. The first kappa shape index (κ1) is 20.8. The molecule has 5 nitrogen and oxygen atoms in total. The average molecular weight is 397 g/mol. The first-order valence-corrected chi connectivity index (χ1v) is 10.1. The number of halogens is 1. The normalized spacial score (nSPS) is 14.0. The van der Waals surface area contributed by atoms with Crippen molar-refractivity contribution in [3.63, 3.8) is 0 Å². The molecule has 0 saturated carbocycles. The van der Waals surface area contributed by atoms with Gasteiger partial charge in [-0.3, -0.25) is 9.59 Å². The fourth-order valence-corrected chi connectivity index (χ4v) is 3.65. The molecule has 0 spiro atoms. The largest absolute Gasteiger partial charge is 0.366 e. The minimum absolute atomic E-state index is 0.0228. The van der Waals surface area contributed by atoms with Crippen LogP contribution in [0.15, 0.2) is 48.5 Å². The topological polar surface area (TPSA) is 43.9 Å². The van der Waals surface area contributed by atoms with Crippen LogP contribution in [0.3, 0.4) is 0 Å². The van der Waals surface area contributed by atoms with Crippen molar-refractivity contribution in [1.82, 2.24) is 4.90 Å². The number of hydrogen-bond donors (Lipinski definition) is 0. The summed E-state index contributed by atoms with van der Waals surface area (Å²) >= 11 is 0. The number of hydrogen-bond acceptors (Lipinski definition) is 3. The van der Waals surface area contributed by atoms with Gasteiger partial charge in [0.15, 0.2) is 0 Å². The standard InChI is InChI=1S/C23H28FN3O2/c1-3-19-8-10-20(11-9-19)27(18(2)28)13-12-23(29)26-16-14-25(15-17-26)22-7-5-4-6-21(22)24/h4-11H,3,12-17H2,1-2H3. The highest BCUT2D eigenvalue weighted by Gasteiger charge is 2.23. The summed E-state index contributed by atoms with van der Waals surface area (Å²) in [7, 11) is 0. The number of carbonyl (C=O) groups is 2. The maximum Gasteiger partial charge on any atom is 0.224 e. The van der Waals surface area contributed by atoms with Crippen molar-refractivity contribution < 1.29 is 14.0 Å². The highest BCUT2D eigenvalue weighted by Crippen LogP contribution is 2.21. The van der Waals surface area contributed by atoms with Gasteiger partial charge in [0.2, 0.25) is 11.8 Å². The molecule has 1 saturated heterocycles. The molecule has 3 rings (SSSR count). The molecule has 154 valence electrons. The molecule has 0 bridgehead atoms. The summed E-state index contributed by atoms with van der Waals surface area (Å²) in [6, 6.07) is 14.6. The van der Waals surface area contributed by atoms with Crippen molar-refractivity contribution >= 4 is 23.2 Å². The summed E-state index contributed by atoms with van der Waals surface area (Å²) in [6.07, 6.45) is 1.21. The van der Waals surface area contributed by atoms with Crippen LogP contribution in [0, 0.1) is 5.82 Å². The first-order valence-electron chi connectivity index (χ1n) is 10.1. The first-order chi connectivity index (χ1) is 14.0. The van der Waals surface area contributed by atoms with E-state index >= 15 is 0 Å². The molecule has 1 heterocycles. The molecule has 29 heavy (non-hydrogen) atoms. The third-order valence-electron chi connectivity index (χ3n) is 5.41. The van der Waals surface area contributed by atoms with Crippen LogP contribution in [0.5, 0.6) is 0 Å². The van der Waals surface area contributed by atoms with Crippen LogP contribution in [-0.4, -0.2) is 49.4 Å². The molecule has 0 atom stereocenters. The molecule has 2 aromatic rings. The second-order valence-electron chi connectivity index (χ2n) is 7.26. The van der Waals surface area contributed by atoms with Crippen LogP contribution in [-0.2, 0) is 16.0 Å². The van der Waals surface area contributed by atoms with Gasteiger partial charge in [0.1, 0.15) is 5.82 Å². The third-order valence-corrected chi connectivity index (χ3v) is 5.41. The number of aryl methyl sites for hydroxylation is 1. The van der Waals surface area contributed by atoms with E-state index in [0.29, 0.717) is 38.4 Å². The summed E-state index contributed by atoms with van der Waals surface area (Å²) in [5.41, 5.74) is 2.60. The van der Waals surface area contributed by atoms with Crippen molar-refractivity contribution in [3.8, 4) is 0 Å². The van der Waals surface area contributed by atoms with E-state index in [1.807, 2.05) is 35.2 Å². The van der Waals surface area contributed by atoms with E-state index in [1.165, 1.54) is 18.6 Å². The SMILES string of the molecule is CCc1ccc(N(CCC(=O)N2CCN(c3ccccc3F)CC2)C(C)=O)cc1. The van der Waals surface area contributed by atoms with E-state index in [4.69, 9.17) is 0 Å². The molecule has 0 aromatic heterocycles. The van der Waals surface area contributed by atoms with Gasteiger partial charge in [-0.2, -0.15) is 0 Å². The number of piperazine rings is 1. The Morgan fingerprint density at radius 1 is 1.00 bits per heavy atom. The molecule has 6 heteroatoms. The Balaban J connectivity index is 1.54. The van der Waals surface area contributed by atoms with Gasteiger partial charge in [-0.25, -0.2) is 4.39 Å². The number of anilines is 2. The Bertz CT molecular complexity index is 845. The number of rotatable bonds is 6. The second-order valence-corrected chi connectivity index (χ2v) is 7.26. The van der Waals surface area contributed by atoms with Gasteiger partial charge in [0.05, 0.1) is 5.69 Å². The lowest BCUT2D eigenvalue weighted by Crippen LogP contribution is -2.49. The van der Waals surface area contributed by atoms with Gasteiger partial charge in [-0.15, -0.1) is 0 Å². The Labute approximate surface area is 171 Å². The van der Waals surface area contributed by atoms with Crippen molar-refractivity contribution in [2.45, 2.75) is 26.7 Å². The minimum Gasteiger partial charge on any atom is -0.366 e. The van der Waals surface area contributed by atoms with Gasteiger partial charge in [0.25, 0.3) is 0 Å². The molecule has 1 fully saturated rings. The number of para-hydroxylation sites is 1. The summed E-state index contributed by atoms with van der Waals surface area (Å²) in [6.45, 7) is 6.26. The Morgan fingerprint density at radius 3 is 2.24 bits per heavy atom. The van der Waals surface area contributed by atoms with Gasteiger partial charge < -0.3 is 14.7 Å². The van der Waals surface area contributed by atoms with Crippen molar-refractivity contribution in [1.29, 1.82) is 0 Å². The van der Waals surface area contributed by atoms with E-state index in [1.54, 1.807) is 21.9 Å². The summed E-state index contributed by atoms with van der Waals surface area (Å²) in [5, 5.41) is 0. The summed E-state index contributed by atoms with van der Waals surface area (Å²) < 4.78 is 14.0. The summed E-state index contributed by atoms with van der Waals surface area (Å²) in [4.78, 5) is 30.2. The molecule has 2 aromatic carbocycles. The van der Waals surface area contributed by atoms with Gasteiger partial charge in [-0.05, 0) is 36.2 Å². The van der Waals surface area contributed by atoms with Crippen molar-refractivity contribution in [2.75, 3.05) is 42.5 Å². The average Bonchev–Trinajstić information content (AvgIpc) is 2.74. The monoisotopic (exact) mass is 397 g/mol. The number of benzene rings is 2. The smallest absolute Gasteiger partial charge is 0.224 e. The van der Waals surface area contributed by atoms with Gasteiger partial charge in [-0.1, -0.05) is 31.2 Å². The zero-order valence-corrected chi connectivity index (χ0v) is 17.1. The molecule has 0 N–H and O–H groups in total. The van der Waals surface area contributed by atoms with E-state index in [0.717, 1.165) is 12.1 Å². The molecular weight excluding hydrogens is 369 g/mol. The number of amides is 2.